The van der Waals surface area contributed by atoms with Gasteiger partial charge in [0.15, 0.2) is 0 Å². The van der Waals surface area contributed by atoms with Gasteiger partial charge in [-0.05, 0) is 30.5 Å². The van der Waals surface area contributed by atoms with E-state index in [1.807, 2.05) is 0 Å². The monoisotopic (exact) mass is 280 g/mol. The zero-order valence-corrected chi connectivity index (χ0v) is 11.5. The predicted octanol–water partition coefficient (Wildman–Crippen LogP) is 2.58. The molecular formula is C15H20O5. The highest BCUT2D eigenvalue weighted by Gasteiger charge is 2.21. The minimum absolute atomic E-state index is 0.205. The van der Waals surface area contributed by atoms with Crippen molar-refractivity contribution in [3.05, 3.63) is 29.8 Å². The summed E-state index contributed by atoms with van der Waals surface area (Å²) in [6, 6.07) is 7.12. The summed E-state index contributed by atoms with van der Waals surface area (Å²) in [5.41, 5.74) is 0.793. The van der Waals surface area contributed by atoms with E-state index in [1.54, 1.807) is 24.3 Å². The van der Waals surface area contributed by atoms with Crippen LogP contribution in [0.5, 0.6) is 5.75 Å². The van der Waals surface area contributed by atoms with E-state index < -0.39 is 17.9 Å². The van der Waals surface area contributed by atoms with E-state index >= 15 is 0 Å². The van der Waals surface area contributed by atoms with E-state index in [2.05, 4.69) is 6.92 Å². The Balaban J connectivity index is 2.58. The van der Waals surface area contributed by atoms with Crippen molar-refractivity contribution >= 4 is 11.9 Å². The van der Waals surface area contributed by atoms with Crippen molar-refractivity contribution < 1.29 is 24.5 Å². The lowest BCUT2D eigenvalue weighted by molar-refractivity contribution is -0.148. The highest BCUT2D eigenvalue weighted by molar-refractivity contribution is 5.78. The average molecular weight is 280 g/mol. The molecule has 1 aromatic rings. The highest BCUT2D eigenvalue weighted by Crippen LogP contribution is 2.17. The van der Waals surface area contributed by atoms with Gasteiger partial charge < -0.3 is 14.9 Å². The molecule has 20 heavy (non-hydrogen) atoms. The van der Waals surface area contributed by atoms with Crippen LogP contribution in [0.2, 0.25) is 0 Å². The molecule has 1 aromatic carbocycles. The fourth-order valence-electron chi connectivity index (χ4n) is 1.80. The topological polar surface area (TPSA) is 83.8 Å². The van der Waals surface area contributed by atoms with Gasteiger partial charge in [0.25, 0.3) is 0 Å². The summed E-state index contributed by atoms with van der Waals surface area (Å²) in [5, 5.41) is 17.7. The first-order chi connectivity index (χ1) is 9.52. The Morgan fingerprint density at radius 2 is 1.85 bits per heavy atom. The normalized spacial score (nSPS) is 11.8. The van der Waals surface area contributed by atoms with Crippen molar-refractivity contribution in [2.75, 3.05) is 6.61 Å². The van der Waals surface area contributed by atoms with Crippen LogP contribution in [-0.4, -0.2) is 28.8 Å². The number of carboxylic acid groups (broad SMARTS) is 2. The SMILES string of the molecule is CCCCOc1ccc(CC(CC(=O)O)C(=O)O)cc1. The van der Waals surface area contributed by atoms with E-state index in [-0.39, 0.29) is 12.8 Å². The number of hydrogen-bond donors (Lipinski definition) is 2. The van der Waals surface area contributed by atoms with Gasteiger partial charge in [-0.2, -0.15) is 0 Å². The van der Waals surface area contributed by atoms with E-state index in [4.69, 9.17) is 14.9 Å². The molecular weight excluding hydrogens is 260 g/mol. The standard InChI is InChI=1S/C15H20O5/c1-2-3-8-20-13-6-4-11(5-7-13)9-12(15(18)19)10-14(16)17/h4-7,12H,2-3,8-10H2,1H3,(H,16,17)(H,18,19). The van der Waals surface area contributed by atoms with Crippen LogP contribution in [0.15, 0.2) is 24.3 Å². The Kier molecular flexibility index (Phi) is 6.56. The summed E-state index contributed by atoms with van der Waals surface area (Å²) >= 11 is 0. The lowest BCUT2D eigenvalue weighted by Crippen LogP contribution is -2.20. The quantitative estimate of drug-likeness (QED) is 0.679. The molecule has 5 heteroatoms. The summed E-state index contributed by atoms with van der Waals surface area (Å²) in [7, 11) is 0. The number of hydrogen-bond acceptors (Lipinski definition) is 3. The van der Waals surface area contributed by atoms with E-state index in [9.17, 15) is 9.59 Å². The molecule has 0 aliphatic heterocycles. The van der Waals surface area contributed by atoms with E-state index in [0.717, 1.165) is 24.2 Å². The van der Waals surface area contributed by atoms with Crippen LogP contribution in [0.25, 0.3) is 0 Å². The zero-order valence-electron chi connectivity index (χ0n) is 11.5. The Labute approximate surface area is 118 Å². The van der Waals surface area contributed by atoms with Gasteiger partial charge in [-0.15, -0.1) is 0 Å². The van der Waals surface area contributed by atoms with Crippen LogP contribution in [0.1, 0.15) is 31.7 Å². The Morgan fingerprint density at radius 1 is 1.20 bits per heavy atom. The molecule has 0 aliphatic rings. The first kappa shape index (κ1) is 16.0. The Hall–Kier alpha value is -2.04. The number of aliphatic carboxylic acids is 2. The second-order valence-electron chi connectivity index (χ2n) is 4.68. The fraction of sp³-hybridized carbons (Fsp3) is 0.467. The Bertz CT molecular complexity index is 438. The molecule has 0 aliphatic carbocycles. The van der Waals surface area contributed by atoms with Crippen molar-refractivity contribution in [3.63, 3.8) is 0 Å². The van der Waals surface area contributed by atoms with E-state index in [0.29, 0.717) is 6.61 Å². The summed E-state index contributed by atoms with van der Waals surface area (Å²) < 4.78 is 5.51. The molecule has 0 heterocycles. The second-order valence-corrected chi connectivity index (χ2v) is 4.68. The van der Waals surface area contributed by atoms with Crippen molar-refractivity contribution in [2.24, 2.45) is 5.92 Å². The molecule has 0 saturated heterocycles. The fourth-order valence-corrected chi connectivity index (χ4v) is 1.80. The molecule has 0 aromatic heterocycles. The average Bonchev–Trinajstić information content (AvgIpc) is 2.39. The minimum atomic E-state index is -1.10. The lowest BCUT2D eigenvalue weighted by Gasteiger charge is -2.11. The number of carbonyl (C=O) groups is 2. The number of rotatable bonds is 9. The van der Waals surface area contributed by atoms with Crippen LogP contribution < -0.4 is 4.74 Å². The predicted molar refractivity (Wildman–Crippen MR) is 73.9 cm³/mol. The van der Waals surface area contributed by atoms with Gasteiger partial charge in [-0.3, -0.25) is 9.59 Å². The summed E-state index contributed by atoms with van der Waals surface area (Å²) in [5.74, 6) is -2.35. The van der Waals surface area contributed by atoms with Gasteiger partial charge in [-0.1, -0.05) is 25.5 Å². The van der Waals surface area contributed by atoms with Crippen molar-refractivity contribution in [1.29, 1.82) is 0 Å². The van der Waals surface area contributed by atoms with Crippen LogP contribution in [0, 0.1) is 5.92 Å². The van der Waals surface area contributed by atoms with Crippen LogP contribution in [-0.2, 0) is 16.0 Å². The minimum Gasteiger partial charge on any atom is -0.494 e. The van der Waals surface area contributed by atoms with Crippen LogP contribution in [0.3, 0.4) is 0 Å². The smallest absolute Gasteiger partial charge is 0.307 e. The first-order valence-electron chi connectivity index (χ1n) is 6.69. The molecule has 2 N–H and O–H groups in total. The highest BCUT2D eigenvalue weighted by atomic mass is 16.5. The lowest BCUT2D eigenvalue weighted by atomic mass is 9.96. The molecule has 1 unspecified atom stereocenters. The Morgan fingerprint density at radius 3 is 2.35 bits per heavy atom. The molecule has 1 atom stereocenters. The van der Waals surface area contributed by atoms with Gasteiger partial charge in [-0.25, -0.2) is 0 Å². The third-order valence-electron chi connectivity index (χ3n) is 2.94. The van der Waals surface area contributed by atoms with Crippen LogP contribution >= 0.6 is 0 Å². The molecule has 0 radical (unpaired) electrons. The third-order valence-corrected chi connectivity index (χ3v) is 2.94. The van der Waals surface area contributed by atoms with Crippen LogP contribution in [0.4, 0.5) is 0 Å². The maximum absolute atomic E-state index is 11.0. The van der Waals surface area contributed by atoms with Gasteiger partial charge in [0.2, 0.25) is 0 Å². The maximum atomic E-state index is 11.0. The van der Waals surface area contributed by atoms with Crippen molar-refractivity contribution in [3.8, 4) is 5.75 Å². The number of benzene rings is 1. The molecule has 0 amide bonds. The molecule has 110 valence electrons. The molecule has 1 rings (SSSR count). The molecule has 0 spiro atoms. The van der Waals surface area contributed by atoms with Gasteiger partial charge >= 0.3 is 11.9 Å². The number of carboxylic acids is 2. The number of ether oxygens (including phenoxy) is 1. The molecule has 0 saturated carbocycles. The summed E-state index contributed by atoms with van der Waals surface area (Å²) in [6.45, 7) is 2.74. The second kappa shape index (κ2) is 8.19. The van der Waals surface area contributed by atoms with Gasteiger partial charge in [0.1, 0.15) is 5.75 Å². The first-order valence-corrected chi connectivity index (χ1v) is 6.69. The number of unbranched alkanes of at least 4 members (excludes halogenated alkanes) is 1. The molecule has 0 fully saturated rings. The van der Waals surface area contributed by atoms with Gasteiger partial charge in [0, 0.05) is 0 Å². The maximum Gasteiger partial charge on any atom is 0.307 e. The summed E-state index contributed by atoms with van der Waals surface area (Å²) in [4.78, 5) is 21.6. The molecule has 0 bridgehead atoms. The van der Waals surface area contributed by atoms with Crippen molar-refractivity contribution in [1.82, 2.24) is 0 Å². The van der Waals surface area contributed by atoms with Gasteiger partial charge in [0.05, 0.1) is 18.9 Å². The zero-order chi connectivity index (χ0) is 15.0. The van der Waals surface area contributed by atoms with E-state index in [1.165, 1.54) is 0 Å². The summed E-state index contributed by atoms with van der Waals surface area (Å²) in [6.07, 6.45) is 1.88. The molecule has 5 nitrogen and oxygen atoms in total. The largest absolute Gasteiger partial charge is 0.494 e. The third kappa shape index (κ3) is 5.73. The van der Waals surface area contributed by atoms with Crippen molar-refractivity contribution in [2.45, 2.75) is 32.6 Å².